The third-order valence-electron chi connectivity index (χ3n) is 0.239. The minimum Gasteiger partial charge on any atom is -0.271 e. The fraction of sp³-hybridized carbons (Fsp3) is 1.00. The van der Waals surface area contributed by atoms with Crippen LogP contribution in [-0.2, 0) is 0 Å². The quantitative estimate of drug-likeness (QED) is 0.317. The van der Waals surface area contributed by atoms with Gasteiger partial charge in [-0.15, -0.1) is 24.0 Å². The Morgan fingerprint density at radius 1 is 1.67 bits per heavy atom. The van der Waals surface area contributed by atoms with E-state index in [9.17, 15) is 0 Å². The van der Waals surface area contributed by atoms with Gasteiger partial charge in [0.15, 0.2) is 0 Å². The van der Waals surface area contributed by atoms with Gasteiger partial charge in [0.25, 0.3) is 0 Å². The molecule has 0 aliphatic heterocycles. The molecule has 0 heterocycles. The zero-order valence-electron chi connectivity index (χ0n) is 3.28. The molecular weight excluding hydrogens is 123 g/mol. The predicted octanol–water partition coefficient (Wildman–Crippen LogP) is 0.110. The molecule has 40 valence electrons. The van der Waals surface area contributed by atoms with Gasteiger partial charge in [-0.1, -0.05) is 0 Å². The maximum Gasteiger partial charge on any atom is 0.0362 e. The Morgan fingerprint density at radius 2 is 2.17 bits per heavy atom. The predicted molar refractivity (Wildman–Crippen MR) is 30.2 cm³/mol. The average molecular weight is 131 g/mol. The highest BCUT2D eigenvalue weighted by molar-refractivity contribution is 6.18. The van der Waals surface area contributed by atoms with E-state index in [1.807, 2.05) is 0 Å². The maximum atomic E-state index is 5.16. The molecular formula is C2H8Cl2N2. The monoisotopic (exact) mass is 130 g/mol. The first-order valence-electron chi connectivity index (χ1n) is 1.41. The standard InChI is InChI=1S/C2H7ClN2.ClH/c3-1-2-5-4;/h5H,1-2,4H2;1H. The number of alkyl halides is 1. The number of nitrogens with one attached hydrogen (secondary N) is 1. The molecule has 0 radical (unpaired) electrons. The van der Waals surface area contributed by atoms with Gasteiger partial charge in [0.05, 0.1) is 0 Å². The molecule has 0 aliphatic carbocycles. The van der Waals surface area contributed by atoms with Crippen LogP contribution < -0.4 is 11.3 Å². The Bertz CT molecular complexity index is 17.0. The van der Waals surface area contributed by atoms with E-state index in [2.05, 4.69) is 5.43 Å². The summed E-state index contributed by atoms with van der Waals surface area (Å²) >= 11 is 5.16. The molecule has 0 rings (SSSR count). The van der Waals surface area contributed by atoms with Crippen molar-refractivity contribution in [2.45, 2.75) is 0 Å². The van der Waals surface area contributed by atoms with Crippen LogP contribution >= 0.6 is 24.0 Å². The van der Waals surface area contributed by atoms with Crippen LogP contribution in [0, 0.1) is 0 Å². The average Bonchev–Trinajstić information content (AvgIpc) is 1.41. The summed E-state index contributed by atoms with van der Waals surface area (Å²) in [5.74, 6) is 5.38. The molecule has 4 heteroatoms. The van der Waals surface area contributed by atoms with Crippen LogP contribution in [0.2, 0.25) is 0 Å². The van der Waals surface area contributed by atoms with Crippen molar-refractivity contribution < 1.29 is 0 Å². The van der Waals surface area contributed by atoms with Gasteiger partial charge in [-0.3, -0.25) is 11.3 Å². The van der Waals surface area contributed by atoms with E-state index in [0.717, 1.165) is 0 Å². The van der Waals surface area contributed by atoms with Gasteiger partial charge >= 0.3 is 0 Å². The second-order valence-electron chi connectivity index (χ2n) is 0.643. The van der Waals surface area contributed by atoms with E-state index in [1.165, 1.54) is 0 Å². The normalized spacial score (nSPS) is 7.00. The first-order valence-corrected chi connectivity index (χ1v) is 1.94. The molecule has 0 spiro atoms. The van der Waals surface area contributed by atoms with Crippen LogP contribution in [0.4, 0.5) is 0 Å². The van der Waals surface area contributed by atoms with E-state index in [1.54, 1.807) is 0 Å². The van der Waals surface area contributed by atoms with Gasteiger partial charge in [0.1, 0.15) is 0 Å². The Labute approximate surface area is 48.4 Å². The number of hydrogen-bond acceptors (Lipinski definition) is 2. The van der Waals surface area contributed by atoms with Crippen LogP contribution in [0.25, 0.3) is 0 Å². The van der Waals surface area contributed by atoms with Crippen molar-refractivity contribution in [3.8, 4) is 0 Å². The second-order valence-corrected chi connectivity index (χ2v) is 1.02. The molecule has 0 aromatic carbocycles. The van der Waals surface area contributed by atoms with Crippen LogP contribution in [0.3, 0.4) is 0 Å². The summed E-state index contributed by atoms with van der Waals surface area (Å²) < 4.78 is 0. The Balaban J connectivity index is 0. The minimum atomic E-state index is 0. The van der Waals surface area contributed by atoms with E-state index in [0.29, 0.717) is 12.4 Å². The van der Waals surface area contributed by atoms with Crippen molar-refractivity contribution in [2.24, 2.45) is 5.84 Å². The van der Waals surface area contributed by atoms with E-state index >= 15 is 0 Å². The van der Waals surface area contributed by atoms with E-state index in [-0.39, 0.29) is 12.4 Å². The van der Waals surface area contributed by atoms with Crippen LogP contribution in [0.1, 0.15) is 0 Å². The van der Waals surface area contributed by atoms with Crippen molar-refractivity contribution in [3.05, 3.63) is 0 Å². The van der Waals surface area contributed by atoms with Gasteiger partial charge in [0.2, 0.25) is 0 Å². The number of hydrogen-bond donors (Lipinski definition) is 2. The van der Waals surface area contributed by atoms with Crippen LogP contribution in [0.15, 0.2) is 0 Å². The zero-order chi connectivity index (χ0) is 4.12. The summed E-state index contributed by atoms with van der Waals surface area (Å²) in [7, 11) is 0. The van der Waals surface area contributed by atoms with Crippen molar-refractivity contribution in [1.82, 2.24) is 5.43 Å². The van der Waals surface area contributed by atoms with Crippen LogP contribution in [0.5, 0.6) is 0 Å². The lowest BCUT2D eigenvalue weighted by atomic mass is 10.8. The summed E-state index contributed by atoms with van der Waals surface area (Å²) in [5, 5.41) is 0. The molecule has 3 N–H and O–H groups in total. The molecule has 0 unspecified atom stereocenters. The Morgan fingerprint density at radius 3 is 2.17 bits per heavy atom. The summed E-state index contributed by atoms with van der Waals surface area (Å²) in [4.78, 5) is 0. The fourth-order valence-corrected chi connectivity index (χ4v) is 0.164. The number of rotatable bonds is 2. The highest BCUT2D eigenvalue weighted by Crippen LogP contribution is 1.63. The summed E-state index contributed by atoms with van der Waals surface area (Å²) in [6.45, 7) is 0.682. The molecule has 0 atom stereocenters. The molecule has 0 aliphatic rings. The highest BCUT2D eigenvalue weighted by Gasteiger charge is 1.67. The molecule has 0 amide bonds. The topological polar surface area (TPSA) is 38.0 Å². The minimum absolute atomic E-state index is 0. The Hall–Kier alpha value is 0.500. The highest BCUT2D eigenvalue weighted by atomic mass is 35.5. The van der Waals surface area contributed by atoms with Crippen molar-refractivity contribution in [3.63, 3.8) is 0 Å². The van der Waals surface area contributed by atoms with E-state index in [4.69, 9.17) is 17.4 Å². The van der Waals surface area contributed by atoms with Crippen molar-refractivity contribution in [1.29, 1.82) is 0 Å². The summed E-state index contributed by atoms with van der Waals surface area (Å²) in [6.07, 6.45) is 0. The first kappa shape index (κ1) is 9.71. The molecule has 2 nitrogen and oxygen atoms in total. The third kappa shape index (κ3) is 8.82. The fourth-order valence-electron chi connectivity index (χ4n) is 0.0546. The van der Waals surface area contributed by atoms with Gasteiger partial charge in [-0.25, -0.2) is 0 Å². The lowest BCUT2D eigenvalue weighted by molar-refractivity contribution is 0.785. The molecule has 0 saturated carbocycles. The largest absolute Gasteiger partial charge is 0.271 e. The lowest BCUT2D eigenvalue weighted by Crippen LogP contribution is -2.23. The number of hydrazine groups is 1. The Kier molecular flexibility index (Phi) is 14.7. The van der Waals surface area contributed by atoms with Gasteiger partial charge < -0.3 is 0 Å². The van der Waals surface area contributed by atoms with Gasteiger partial charge in [-0.2, -0.15) is 0 Å². The third-order valence-corrected chi connectivity index (χ3v) is 0.428. The SMILES string of the molecule is Cl.NNCCCl. The summed E-state index contributed by atoms with van der Waals surface area (Å²) in [5.41, 5.74) is 2.39. The lowest BCUT2D eigenvalue weighted by Gasteiger charge is -1.83. The number of nitrogens with two attached hydrogens (primary N) is 1. The molecule has 0 aromatic heterocycles. The number of halogens is 2. The zero-order valence-corrected chi connectivity index (χ0v) is 4.85. The van der Waals surface area contributed by atoms with Crippen molar-refractivity contribution in [2.75, 3.05) is 12.4 Å². The smallest absolute Gasteiger partial charge is 0.0362 e. The van der Waals surface area contributed by atoms with Gasteiger partial charge in [-0.05, 0) is 0 Å². The first-order chi connectivity index (χ1) is 2.41. The van der Waals surface area contributed by atoms with E-state index < -0.39 is 0 Å². The molecule has 0 bridgehead atoms. The van der Waals surface area contributed by atoms with Crippen molar-refractivity contribution >= 4 is 24.0 Å². The molecule has 6 heavy (non-hydrogen) atoms. The second kappa shape index (κ2) is 9.09. The molecule has 0 saturated heterocycles. The van der Waals surface area contributed by atoms with Gasteiger partial charge in [0, 0.05) is 12.4 Å². The molecule has 0 fully saturated rings. The summed E-state index contributed by atoms with van der Waals surface area (Å²) in [6, 6.07) is 0. The van der Waals surface area contributed by atoms with Crippen LogP contribution in [-0.4, -0.2) is 12.4 Å². The molecule has 0 aromatic rings. The maximum absolute atomic E-state index is 5.16.